The van der Waals surface area contributed by atoms with Crippen molar-refractivity contribution in [3.05, 3.63) is 159 Å². The highest BCUT2D eigenvalue weighted by Crippen LogP contribution is 2.51. The fourth-order valence-corrected chi connectivity index (χ4v) is 12.3. The molecule has 0 saturated carbocycles. The predicted octanol–water partition coefficient (Wildman–Crippen LogP) is 14.9. The highest BCUT2D eigenvalue weighted by atomic mass is 15.2. The van der Waals surface area contributed by atoms with Crippen LogP contribution in [-0.2, 0) is 23.7 Å². The number of fused-ring (bicyclic) bond motifs is 9. The second-order valence-corrected chi connectivity index (χ2v) is 21.7. The van der Waals surface area contributed by atoms with Gasteiger partial charge in [0.2, 0.25) is 0 Å². The minimum Gasteiger partial charge on any atom is -0.375 e. The monoisotopic (exact) mass is 820 g/mol. The van der Waals surface area contributed by atoms with Crippen LogP contribution in [0.3, 0.4) is 0 Å². The van der Waals surface area contributed by atoms with Crippen molar-refractivity contribution in [2.75, 3.05) is 4.90 Å². The predicted molar refractivity (Wildman–Crippen MR) is 273 cm³/mol. The molecule has 63 heavy (non-hydrogen) atoms. The summed E-state index contributed by atoms with van der Waals surface area (Å²) >= 11 is 0. The Kier molecular flexibility index (Phi) is 8.80. The molecule has 3 heteroatoms. The molecule has 0 unspecified atom stereocenters. The van der Waals surface area contributed by atoms with E-state index >= 15 is 0 Å². The molecule has 3 heterocycles. The third-order valence-electron chi connectivity index (χ3n) is 15.0. The molecule has 2 aliphatic heterocycles. The molecular weight excluding hydrogens is 759 g/mol. The molecule has 11 rings (SSSR count). The van der Waals surface area contributed by atoms with Crippen molar-refractivity contribution >= 4 is 56.6 Å². The number of benzene rings is 7. The molecule has 2 nitrogen and oxygen atoms in total. The first kappa shape index (κ1) is 40.0. The van der Waals surface area contributed by atoms with Gasteiger partial charge in [0, 0.05) is 44.4 Å². The van der Waals surface area contributed by atoms with Crippen molar-refractivity contribution in [1.82, 2.24) is 4.48 Å². The SMILES string of the molecule is Cc1cc(C)c(-c2ccc3c(c2)c2cc(-c4c(C)cc(C)cc4C)cc4c2n3B2c3cc(C(C)(C)C)ccc3N(c3ccc(C(C)(C)C)cc3)c3cc5c(c-4c32)CCCC5)c(C)c1. The van der Waals surface area contributed by atoms with E-state index in [0.717, 1.165) is 12.8 Å². The number of rotatable bonds is 3. The molecule has 0 N–H and O–H groups in total. The smallest absolute Gasteiger partial charge is 0.333 e. The summed E-state index contributed by atoms with van der Waals surface area (Å²) in [4.78, 5) is 2.63. The summed E-state index contributed by atoms with van der Waals surface area (Å²) in [6.07, 6.45) is 4.70. The van der Waals surface area contributed by atoms with Crippen LogP contribution in [0.2, 0.25) is 0 Å². The lowest BCUT2D eigenvalue weighted by Gasteiger charge is -2.43. The lowest BCUT2D eigenvalue weighted by Crippen LogP contribution is -2.57. The summed E-state index contributed by atoms with van der Waals surface area (Å²) in [5.74, 6) is 0. The summed E-state index contributed by atoms with van der Waals surface area (Å²) in [6.45, 7) is 27.7. The standard InChI is InChI=1S/C60H61BN2/c1-34-25-36(3)54(37(4)26-34)41-17-23-51-47(29-41)48-30-42(55-38(5)27-35(2)28-39(55)6)31-49-56-46-16-14-13-15-40(46)32-53-57(56)61(63(51)58(48)49)50-33-44(60(10,11)12)20-24-52(50)62(53)45-21-18-43(19-22-45)59(7,8)9/h17-33H,13-16H2,1-12H3. The summed E-state index contributed by atoms with van der Waals surface area (Å²) in [7, 11) is 0. The fourth-order valence-electron chi connectivity index (χ4n) is 12.3. The summed E-state index contributed by atoms with van der Waals surface area (Å²) in [5.41, 5.74) is 31.5. The third kappa shape index (κ3) is 6.05. The first-order valence-corrected chi connectivity index (χ1v) is 23.5. The van der Waals surface area contributed by atoms with Crippen molar-refractivity contribution < 1.29 is 0 Å². The van der Waals surface area contributed by atoms with Crippen LogP contribution in [0.25, 0.3) is 55.2 Å². The van der Waals surface area contributed by atoms with Gasteiger partial charge in [-0.2, -0.15) is 0 Å². The Hall–Kier alpha value is -5.80. The van der Waals surface area contributed by atoms with Crippen molar-refractivity contribution in [2.24, 2.45) is 0 Å². The van der Waals surface area contributed by atoms with Gasteiger partial charge in [-0.15, -0.1) is 0 Å². The van der Waals surface area contributed by atoms with Crippen LogP contribution in [0, 0.1) is 41.5 Å². The van der Waals surface area contributed by atoms with Gasteiger partial charge in [0.1, 0.15) is 0 Å². The zero-order valence-electron chi connectivity index (χ0n) is 39.6. The largest absolute Gasteiger partial charge is 0.375 e. The van der Waals surface area contributed by atoms with Crippen molar-refractivity contribution in [1.29, 1.82) is 0 Å². The van der Waals surface area contributed by atoms with Gasteiger partial charge < -0.3 is 9.38 Å². The fraction of sp³-hybridized carbons (Fsp3) is 0.300. The first-order chi connectivity index (χ1) is 30.0. The number of aromatic nitrogens is 1. The van der Waals surface area contributed by atoms with Gasteiger partial charge in [0.15, 0.2) is 0 Å². The van der Waals surface area contributed by atoms with Crippen LogP contribution in [-0.4, -0.2) is 11.3 Å². The Morgan fingerprint density at radius 2 is 1.10 bits per heavy atom. The molecule has 8 aromatic rings. The number of aryl methyl sites for hydroxylation is 7. The number of nitrogens with zero attached hydrogens (tertiary/aromatic N) is 2. The quantitative estimate of drug-likeness (QED) is 0.161. The van der Waals surface area contributed by atoms with Gasteiger partial charge in [-0.05, 0) is 210 Å². The van der Waals surface area contributed by atoms with E-state index in [1.54, 1.807) is 5.56 Å². The Labute approximate surface area is 376 Å². The molecule has 0 bridgehead atoms. The van der Waals surface area contributed by atoms with E-state index in [0.29, 0.717) is 0 Å². The van der Waals surface area contributed by atoms with E-state index in [9.17, 15) is 0 Å². The van der Waals surface area contributed by atoms with E-state index in [1.807, 2.05) is 0 Å². The summed E-state index contributed by atoms with van der Waals surface area (Å²) < 4.78 is 2.78. The topological polar surface area (TPSA) is 8.17 Å². The van der Waals surface area contributed by atoms with Gasteiger partial charge >= 0.3 is 6.85 Å². The normalized spacial score (nSPS) is 14.3. The van der Waals surface area contributed by atoms with Crippen LogP contribution in [0.4, 0.5) is 17.1 Å². The van der Waals surface area contributed by atoms with E-state index in [4.69, 9.17) is 0 Å². The maximum Gasteiger partial charge on any atom is 0.333 e. The minimum absolute atomic E-state index is 0.00878. The maximum atomic E-state index is 2.78. The molecule has 0 atom stereocenters. The van der Waals surface area contributed by atoms with Crippen molar-refractivity contribution in [3.63, 3.8) is 0 Å². The Balaban J connectivity index is 1.31. The Morgan fingerprint density at radius 3 is 1.73 bits per heavy atom. The van der Waals surface area contributed by atoms with E-state index in [-0.39, 0.29) is 17.7 Å². The molecule has 314 valence electrons. The van der Waals surface area contributed by atoms with Crippen LogP contribution in [0.15, 0.2) is 103 Å². The molecule has 1 aliphatic carbocycles. The highest BCUT2D eigenvalue weighted by molar-refractivity contribution is 6.90. The molecule has 0 saturated heterocycles. The minimum atomic E-state index is -0.00878. The molecule has 0 spiro atoms. The zero-order valence-corrected chi connectivity index (χ0v) is 39.6. The second kappa shape index (κ2) is 13.9. The number of hydrogen-bond acceptors (Lipinski definition) is 1. The first-order valence-electron chi connectivity index (χ1n) is 23.5. The molecule has 0 amide bonds. The van der Waals surface area contributed by atoms with E-state index < -0.39 is 0 Å². The van der Waals surface area contributed by atoms with Crippen LogP contribution >= 0.6 is 0 Å². The third-order valence-corrected chi connectivity index (χ3v) is 15.0. The lowest BCUT2D eigenvalue weighted by molar-refractivity contribution is 0.590. The summed E-state index contributed by atoms with van der Waals surface area (Å²) in [5, 5.41) is 2.69. The van der Waals surface area contributed by atoms with Crippen LogP contribution in [0.1, 0.15) is 110 Å². The van der Waals surface area contributed by atoms with Crippen LogP contribution in [0.5, 0.6) is 0 Å². The number of anilines is 3. The van der Waals surface area contributed by atoms with Gasteiger partial charge in [-0.1, -0.05) is 107 Å². The van der Waals surface area contributed by atoms with Crippen molar-refractivity contribution in [2.45, 2.75) is 120 Å². The maximum absolute atomic E-state index is 2.78. The average molecular weight is 821 g/mol. The van der Waals surface area contributed by atoms with Crippen LogP contribution < -0.4 is 15.8 Å². The Bertz CT molecular complexity index is 3210. The molecule has 0 fully saturated rings. The molecule has 1 aromatic heterocycles. The molecule has 3 aliphatic rings. The molecule has 7 aromatic carbocycles. The van der Waals surface area contributed by atoms with Crippen molar-refractivity contribution in [3.8, 4) is 33.4 Å². The Morgan fingerprint density at radius 1 is 0.508 bits per heavy atom. The average Bonchev–Trinajstić information content (AvgIpc) is 3.54. The van der Waals surface area contributed by atoms with E-state index in [2.05, 4.69) is 196 Å². The molecular formula is C60H61BN2. The molecule has 0 radical (unpaired) electrons. The number of hydrogen-bond donors (Lipinski definition) is 0. The van der Waals surface area contributed by atoms with Gasteiger partial charge in [-0.3, -0.25) is 0 Å². The van der Waals surface area contributed by atoms with Gasteiger partial charge in [-0.25, -0.2) is 0 Å². The lowest BCUT2D eigenvalue weighted by atomic mass is 9.44. The highest BCUT2D eigenvalue weighted by Gasteiger charge is 2.45. The van der Waals surface area contributed by atoms with E-state index in [1.165, 1.54) is 146 Å². The zero-order chi connectivity index (χ0) is 44.0. The van der Waals surface area contributed by atoms with Gasteiger partial charge in [0.05, 0.1) is 0 Å². The summed E-state index contributed by atoms with van der Waals surface area (Å²) in [6, 6.07) is 41.5. The van der Waals surface area contributed by atoms with Gasteiger partial charge in [0.25, 0.3) is 0 Å². The second-order valence-electron chi connectivity index (χ2n) is 21.7.